The first-order valence-electron chi connectivity index (χ1n) is 7.27. The molecular weight excluding hydrogens is 320 g/mol. The van der Waals surface area contributed by atoms with E-state index in [0.717, 1.165) is 12.8 Å². The van der Waals surface area contributed by atoms with Gasteiger partial charge in [0, 0.05) is 26.1 Å². The molecule has 1 aromatic carbocycles. The number of rotatable bonds is 7. The monoisotopic (exact) mass is 338 g/mol. The lowest BCUT2D eigenvalue weighted by atomic mass is 10.2. The molecule has 1 N–H and O–H groups in total. The minimum atomic E-state index is -3.79. The Morgan fingerprint density at radius 2 is 2.09 bits per heavy atom. The molecule has 0 bridgehead atoms. The number of nitrogens with zero attached hydrogens (tertiary/aromatic N) is 2. The van der Waals surface area contributed by atoms with E-state index >= 15 is 0 Å². The summed E-state index contributed by atoms with van der Waals surface area (Å²) < 4.78 is 32.2. The zero-order valence-corrected chi connectivity index (χ0v) is 13.3. The molecule has 1 aliphatic rings. The van der Waals surface area contributed by atoms with Crippen LogP contribution in [0.15, 0.2) is 29.2 Å². The van der Waals surface area contributed by atoms with Gasteiger partial charge in [0.25, 0.3) is 0 Å². The third kappa shape index (κ3) is 4.28. The van der Waals surface area contributed by atoms with Crippen molar-refractivity contribution in [2.24, 2.45) is 0 Å². The predicted molar refractivity (Wildman–Crippen MR) is 81.4 cm³/mol. The number of nitriles is 1. The predicted octanol–water partition coefficient (Wildman–Crippen LogP) is 1.47. The summed E-state index contributed by atoms with van der Waals surface area (Å²) in [6.07, 6.45) is 1.60. The second-order valence-electron chi connectivity index (χ2n) is 5.24. The molecule has 7 nitrogen and oxygen atoms in total. The van der Waals surface area contributed by atoms with Crippen LogP contribution in [0.3, 0.4) is 0 Å². The van der Waals surface area contributed by atoms with Crippen LogP contribution in [0.5, 0.6) is 0 Å². The molecule has 23 heavy (non-hydrogen) atoms. The van der Waals surface area contributed by atoms with Crippen LogP contribution in [0, 0.1) is 11.3 Å². The molecule has 1 fully saturated rings. The van der Waals surface area contributed by atoms with Crippen molar-refractivity contribution in [1.82, 2.24) is 4.31 Å². The molecule has 0 aromatic heterocycles. The van der Waals surface area contributed by atoms with E-state index in [9.17, 15) is 13.2 Å². The van der Waals surface area contributed by atoms with Gasteiger partial charge < -0.3 is 9.84 Å². The zero-order chi connectivity index (χ0) is 16.9. The van der Waals surface area contributed by atoms with Crippen molar-refractivity contribution in [3.05, 3.63) is 29.8 Å². The molecule has 1 aliphatic heterocycles. The van der Waals surface area contributed by atoms with Gasteiger partial charge in [0.2, 0.25) is 10.0 Å². The Labute approximate surface area is 135 Å². The lowest BCUT2D eigenvalue weighted by Crippen LogP contribution is -2.38. The highest BCUT2D eigenvalue weighted by Gasteiger charge is 2.28. The van der Waals surface area contributed by atoms with Gasteiger partial charge in [-0.25, -0.2) is 13.2 Å². The lowest BCUT2D eigenvalue weighted by Gasteiger charge is -2.24. The van der Waals surface area contributed by atoms with Gasteiger partial charge in [0.1, 0.15) is 0 Å². The average Bonchev–Trinajstić information content (AvgIpc) is 3.04. The van der Waals surface area contributed by atoms with Crippen molar-refractivity contribution < 1.29 is 23.1 Å². The maximum atomic E-state index is 12.7. The summed E-state index contributed by atoms with van der Waals surface area (Å²) in [6, 6.07) is 7.00. The second-order valence-corrected chi connectivity index (χ2v) is 7.17. The summed E-state index contributed by atoms with van der Waals surface area (Å²) in [5.41, 5.74) is 0.0200. The smallest absolute Gasteiger partial charge is 0.335 e. The molecule has 0 amide bonds. The molecule has 124 valence electrons. The number of hydrogen-bond donors (Lipinski definition) is 1. The molecule has 0 aliphatic carbocycles. The fraction of sp³-hybridized carbons (Fsp3) is 0.467. The number of carboxylic acid groups (broad SMARTS) is 1. The van der Waals surface area contributed by atoms with E-state index in [1.807, 2.05) is 6.07 Å². The van der Waals surface area contributed by atoms with Gasteiger partial charge in [0.05, 0.1) is 22.6 Å². The largest absolute Gasteiger partial charge is 0.478 e. The highest BCUT2D eigenvalue weighted by molar-refractivity contribution is 7.89. The van der Waals surface area contributed by atoms with Crippen LogP contribution >= 0.6 is 0 Å². The fourth-order valence-electron chi connectivity index (χ4n) is 2.42. The van der Waals surface area contributed by atoms with E-state index < -0.39 is 16.0 Å². The van der Waals surface area contributed by atoms with Gasteiger partial charge >= 0.3 is 5.97 Å². The zero-order valence-electron chi connectivity index (χ0n) is 12.5. The molecule has 0 spiro atoms. The van der Waals surface area contributed by atoms with Crippen LogP contribution < -0.4 is 0 Å². The van der Waals surface area contributed by atoms with Gasteiger partial charge in [-0.1, -0.05) is 0 Å². The standard InChI is InChI=1S/C15H18N2O5S/c16-8-2-9-17(11-13-3-1-10-22-13)23(20,21)14-6-4-12(5-7-14)15(18)19/h4-7,13H,1-3,9-11H2,(H,18,19). The Morgan fingerprint density at radius 1 is 1.39 bits per heavy atom. The van der Waals surface area contributed by atoms with E-state index in [0.29, 0.717) is 6.61 Å². The number of hydrogen-bond acceptors (Lipinski definition) is 5. The van der Waals surface area contributed by atoms with Gasteiger partial charge in [-0.2, -0.15) is 9.57 Å². The topological polar surface area (TPSA) is 108 Å². The Hall–Kier alpha value is -1.95. The normalized spacial score (nSPS) is 18.0. The molecule has 0 saturated carbocycles. The summed E-state index contributed by atoms with van der Waals surface area (Å²) in [6.45, 7) is 0.897. The molecule has 1 aromatic rings. The Balaban J connectivity index is 2.23. The van der Waals surface area contributed by atoms with E-state index in [2.05, 4.69) is 0 Å². The number of carbonyl (C=O) groups is 1. The number of aromatic carboxylic acids is 1. The van der Waals surface area contributed by atoms with Gasteiger partial charge in [0.15, 0.2) is 0 Å². The highest BCUT2D eigenvalue weighted by Crippen LogP contribution is 2.21. The summed E-state index contributed by atoms with van der Waals surface area (Å²) >= 11 is 0. The molecule has 8 heteroatoms. The fourth-order valence-corrected chi connectivity index (χ4v) is 3.89. The van der Waals surface area contributed by atoms with Crippen LogP contribution in [0.25, 0.3) is 0 Å². The minimum Gasteiger partial charge on any atom is -0.478 e. The van der Waals surface area contributed by atoms with E-state index in [4.69, 9.17) is 15.1 Å². The summed E-state index contributed by atoms with van der Waals surface area (Å²) in [5.74, 6) is -1.12. The van der Waals surface area contributed by atoms with Gasteiger partial charge in [-0.05, 0) is 37.1 Å². The molecule has 2 rings (SSSR count). The van der Waals surface area contributed by atoms with Gasteiger partial charge in [-0.3, -0.25) is 0 Å². The van der Waals surface area contributed by atoms with Gasteiger partial charge in [-0.15, -0.1) is 0 Å². The molecule has 0 radical (unpaired) electrons. The summed E-state index contributed by atoms with van der Waals surface area (Å²) in [7, 11) is -3.79. The number of ether oxygens (including phenoxy) is 1. The molecule has 1 unspecified atom stereocenters. The number of carboxylic acids is 1. The second kappa shape index (κ2) is 7.55. The first-order chi connectivity index (χ1) is 10.9. The Morgan fingerprint density at radius 3 is 2.61 bits per heavy atom. The maximum absolute atomic E-state index is 12.7. The van der Waals surface area contributed by atoms with Crippen molar-refractivity contribution in [2.75, 3.05) is 19.7 Å². The molecule has 1 saturated heterocycles. The van der Waals surface area contributed by atoms with E-state index in [-0.39, 0.29) is 36.1 Å². The van der Waals surface area contributed by atoms with Crippen LogP contribution in [0.1, 0.15) is 29.6 Å². The third-order valence-corrected chi connectivity index (χ3v) is 5.52. The van der Waals surface area contributed by atoms with Crippen molar-refractivity contribution >= 4 is 16.0 Å². The average molecular weight is 338 g/mol. The molecule has 1 heterocycles. The SMILES string of the molecule is N#CCCN(CC1CCCO1)S(=O)(=O)c1ccc(C(=O)O)cc1. The van der Waals surface area contributed by atoms with Crippen LogP contribution in [-0.4, -0.2) is 49.6 Å². The minimum absolute atomic E-state index is 0.0124. The van der Waals surface area contributed by atoms with Crippen molar-refractivity contribution in [3.63, 3.8) is 0 Å². The Bertz CT molecular complexity index is 688. The third-order valence-electron chi connectivity index (χ3n) is 3.64. The first kappa shape index (κ1) is 17.4. The Kier molecular flexibility index (Phi) is 5.71. The first-order valence-corrected chi connectivity index (χ1v) is 8.71. The summed E-state index contributed by atoms with van der Waals surface area (Å²) in [4.78, 5) is 10.9. The molecule has 1 atom stereocenters. The van der Waals surface area contributed by atoms with Crippen LogP contribution in [0.4, 0.5) is 0 Å². The number of benzene rings is 1. The highest BCUT2D eigenvalue weighted by atomic mass is 32.2. The molecular formula is C15H18N2O5S. The maximum Gasteiger partial charge on any atom is 0.335 e. The lowest BCUT2D eigenvalue weighted by molar-refractivity contribution is 0.0696. The van der Waals surface area contributed by atoms with Crippen molar-refractivity contribution in [1.29, 1.82) is 5.26 Å². The van der Waals surface area contributed by atoms with Crippen LogP contribution in [0.2, 0.25) is 0 Å². The quantitative estimate of drug-likeness (QED) is 0.806. The number of sulfonamides is 1. The van der Waals surface area contributed by atoms with Crippen molar-refractivity contribution in [2.45, 2.75) is 30.3 Å². The van der Waals surface area contributed by atoms with Crippen molar-refractivity contribution in [3.8, 4) is 6.07 Å². The summed E-state index contributed by atoms with van der Waals surface area (Å²) in [5, 5.41) is 17.6. The van der Waals surface area contributed by atoms with E-state index in [1.165, 1.54) is 28.6 Å². The van der Waals surface area contributed by atoms with E-state index in [1.54, 1.807) is 0 Å². The van der Waals surface area contributed by atoms with Crippen LogP contribution in [-0.2, 0) is 14.8 Å².